The molecule has 2 N–H and O–H groups in total. The number of para-hydroxylation sites is 2. The Balaban J connectivity index is 0.00000400. The van der Waals surface area contributed by atoms with Gasteiger partial charge in [-0.05, 0) is 52.0 Å². The fourth-order valence-corrected chi connectivity index (χ4v) is 5.11. The van der Waals surface area contributed by atoms with Crippen molar-refractivity contribution in [3.8, 4) is 23.4 Å². The molecule has 4 heterocycles. The molecule has 10 nitrogen and oxygen atoms in total. The zero-order valence-electron chi connectivity index (χ0n) is 23.8. The summed E-state index contributed by atoms with van der Waals surface area (Å²) in [5.74, 6) is -1.62. The molecule has 0 atom stereocenters. The Bertz CT molecular complexity index is 1910. The van der Waals surface area contributed by atoms with Crippen molar-refractivity contribution in [2.24, 2.45) is 0 Å². The van der Waals surface area contributed by atoms with Crippen LogP contribution in [0.5, 0.6) is 11.8 Å². The maximum Gasteiger partial charge on any atom is 0.435 e. The van der Waals surface area contributed by atoms with Gasteiger partial charge in [0.25, 0.3) is 0 Å². The molecule has 6 aromatic rings. The molecule has 6 rings (SSSR count). The summed E-state index contributed by atoms with van der Waals surface area (Å²) in [6.45, 7) is 7.24. The number of aromatic nitrogens is 8. The number of halogens is 6. The summed E-state index contributed by atoms with van der Waals surface area (Å²) in [7, 11) is 0. The molecule has 4 aromatic heterocycles. The molecule has 0 aliphatic rings. The van der Waals surface area contributed by atoms with Crippen LogP contribution in [-0.2, 0) is 44.5 Å². The molecule has 0 aliphatic heterocycles. The first-order valence-corrected chi connectivity index (χ1v) is 13.1. The normalized spacial score (nSPS) is 13.1. The third-order valence-electron chi connectivity index (χ3n) is 8.06. The number of benzene rings is 2. The Kier molecular flexibility index (Phi) is 7.38. The van der Waals surface area contributed by atoms with Crippen molar-refractivity contribution >= 4 is 21.8 Å². The number of hydrogen-bond donors (Lipinski definition) is 2. The van der Waals surface area contributed by atoms with Gasteiger partial charge in [-0.25, -0.2) is 0 Å². The van der Waals surface area contributed by atoms with Gasteiger partial charge in [0.1, 0.15) is 0 Å². The van der Waals surface area contributed by atoms with Crippen LogP contribution >= 0.6 is 0 Å². The Morgan fingerprint density at radius 3 is 1.20 bits per heavy atom. The van der Waals surface area contributed by atoms with Crippen LogP contribution in [0.4, 0.5) is 26.3 Å². The summed E-state index contributed by atoms with van der Waals surface area (Å²) >= 11 is 0. The van der Waals surface area contributed by atoms with E-state index >= 15 is 0 Å². The molecule has 0 radical (unpaired) electrons. The van der Waals surface area contributed by atoms with E-state index in [0.29, 0.717) is 43.3 Å². The molecule has 0 bridgehead atoms. The first-order chi connectivity index (χ1) is 20.4. The zero-order valence-corrected chi connectivity index (χ0v) is 26.1. The topological polar surface area (TPSA) is 112 Å². The van der Waals surface area contributed by atoms with Crippen LogP contribution in [0, 0.1) is 0 Å². The second-order valence-corrected chi connectivity index (χ2v) is 11.2. The molecule has 0 saturated carbocycles. The smallest absolute Gasteiger partial charge is 0.435 e. The van der Waals surface area contributed by atoms with Crippen LogP contribution in [0.2, 0.25) is 0 Å². The number of alkyl halides is 6. The van der Waals surface area contributed by atoms with Crippen molar-refractivity contribution < 1.29 is 57.6 Å². The third-order valence-corrected chi connectivity index (χ3v) is 8.06. The molecular formula is C28H24F6N8O2Pt. The molecule has 0 amide bonds. The van der Waals surface area contributed by atoms with Gasteiger partial charge >= 0.3 is 12.4 Å². The summed E-state index contributed by atoms with van der Waals surface area (Å²) in [4.78, 5) is 0. The van der Waals surface area contributed by atoms with Crippen LogP contribution in [0.3, 0.4) is 0 Å². The van der Waals surface area contributed by atoms with Crippen LogP contribution in [0.15, 0.2) is 60.7 Å². The van der Waals surface area contributed by atoms with E-state index in [0.717, 1.165) is 0 Å². The van der Waals surface area contributed by atoms with Crippen molar-refractivity contribution in [3.05, 3.63) is 72.1 Å². The van der Waals surface area contributed by atoms with Crippen molar-refractivity contribution in [1.82, 2.24) is 39.1 Å². The summed E-state index contributed by atoms with van der Waals surface area (Å²) in [6.07, 6.45) is -9.60. The SMILES string of the molecule is CC(C)(n1nc(-n2nc(C(F)(F)F)cc2O)c2ccccc21)C(C)(C)n1nc(-n2nc(C(F)(F)F)cc2O)c2ccccc21.[Pt]. The van der Waals surface area contributed by atoms with Gasteiger partial charge in [-0.15, -0.1) is 0 Å². The Labute approximate surface area is 264 Å². The fraction of sp³-hybridized carbons (Fsp3) is 0.286. The van der Waals surface area contributed by atoms with E-state index < -0.39 is 46.6 Å². The quantitative estimate of drug-likeness (QED) is 0.196. The predicted molar refractivity (Wildman–Crippen MR) is 146 cm³/mol. The second-order valence-electron chi connectivity index (χ2n) is 11.2. The van der Waals surface area contributed by atoms with Crippen molar-refractivity contribution in [2.75, 3.05) is 0 Å². The summed E-state index contributed by atoms with van der Waals surface area (Å²) in [5.41, 5.74) is -3.70. The number of rotatable bonds is 5. The number of aromatic hydroxyl groups is 2. The first-order valence-electron chi connectivity index (χ1n) is 13.1. The average molecular weight is 814 g/mol. The number of nitrogens with zero attached hydrogens (tertiary/aromatic N) is 8. The van der Waals surface area contributed by atoms with Crippen LogP contribution in [-0.4, -0.2) is 49.3 Å². The Morgan fingerprint density at radius 2 is 0.889 bits per heavy atom. The van der Waals surface area contributed by atoms with E-state index in [-0.39, 0.29) is 32.7 Å². The molecule has 2 aromatic carbocycles. The van der Waals surface area contributed by atoms with Gasteiger partial charge in [0.2, 0.25) is 11.8 Å². The van der Waals surface area contributed by atoms with Gasteiger partial charge in [0.05, 0.1) is 22.1 Å². The van der Waals surface area contributed by atoms with Crippen molar-refractivity contribution in [2.45, 2.75) is 51.1 Å². The van der Waals surface area contributed by atoms with E-state index in [1.54, 1.807) is 57.9 Å². The average Bonchev–Trinajstić information content (AvgIpc) is 3.70. The Morgan fingerprint density at radius 1 is 0.556 bits per heavy atom. The van der Waals surface area contributed by atoms with E-state index in [1.165, 1.54) is 0 Å². The minimum Gasteiger partial charge on any atom is -0.493 e. The molecule has 0 saturated heterocycles. The van der Waals surface area contributed by atoms with E-state index in [1.807, 2.05) is 27.7 Å². The molecule has 240 valence electrons. The van der Waals surface area contributed by atoms with Crippen molar-refractivity contribution in [1.29, 1.82) is 0 Å². The van der Waals surface area contributed by atoms with Gasteiger partial charge in [-0.2, -0.15) is 56.1 Å². The standard InChI is InChI=1S/C28H24F6N8O2.Pt/c1-25(2,41-17-11-7-5-9-15(17)23(37-41)39-21(43)13-19(35-39)27(29,30)31)26(3,4)42-18-12-8-6-10-16(18)24(38-42)40-22(44)14-20(36-40)28(32,33)34;/h5-14,43-44H,1-4H3;. The fourth-order valence-electron chi connectivity index (χ4n) is 5.11. The van der Waals surface area contributed by atoms with E-state index in [2.05, 4.69) is 20.4 Å². The minimum atomic E-state index is -4.80. The summed E-state index contributed by atoms with van der Waals surface area (Å²) in [6, 6.07) is 14.5. The third kappa shape index (κ3) is 4.95. The van der Waals surface area contributed by atoms with Crippen molar-refractivity contribution in [3.63, 3.8) is 0 Å². The van der Waals surface area contributed by atoms with Gasteiger partial charge in [0.15, 0.2) is 23.0 Å². The maximum atomic E-state index is 13.4. The molecule has 0 unspecified atom stereocenters. The van der Waals surface area contributed by atoms with Gasteiger partial charge in [-0.3, -0.25) is 9.36 Å². The molecule has 0 fully saturated rings. The molecule has 17 heteroatoms. The zero-order chi connectivity index (χ0) is 32.0. The largest absolute Gasteiger partial charge is 0.493 e. The maximum absolute atomic E-state index is 13.4. The minimum absolute atomic E-state index is 0. The first kappa shape index (κ1) is 32.1. The Hall–Kier alpha value is -4.33. The molecule has 0 spiro atoms. The van der Waals surface area contributed by atoms with Crippen LogP contribution in [0.25, 0.3) is 33.4 Å². The van der Waals surface area contributed by atoms with Gasteiger partial charge in [-0.1, -0.05) is 24.3 Å². The van der Waals surface area contributed by atoms with Crippen LogP contribution in [0.1, 0.15) is 39.1 Å². The molecule has 45 heavy (non-hydrogen) atoms. The molecular weight excluding hydrogens is 789 g/mol. The summed E-state index contributed by atoms with van der Waals surface area (Å²) in [5, 5.41) is 38.0. The number of hydrogen-bond acceptors (Lipinski definition) is 6. The van der Waals surface area contributed by atoms with E-state index in [9.17, 15) is 36.6 Å². The van der Waals surface area contributed by atoms with Crippen LogP contribution < -0.4 is 0 Å². The summed E-state index contributed by atoms with van der Waals surface area (Å²) < 4.78 is 84.9. The monoisotopic (exact) mass is 813 g/mol. The van der Waals surface area contributed by atoms with Gasteiger partial charge < -0.3 is 10.2 Å². The van der Waals surface area contributed by atoms with Gasteiger partial charge in [0, 0.05) is 44.0 Å². The second kappa shape index (κ2) is 10.4. The predicted octanol–water partition coefficient (Wildman–Crippen LogP) is 6.37. The van der Waals surface area contributed by atoms with E-state index in [4.69, 9.17) is 0 Å². The number of fused-ring (bicyclic) bond motifs is 2. The molecule has 0 aliphatic carbocycles.